The van der Waals surface area contributed by atoms with E-state index >= 15 is 0 Å². The van der Waals surface area contributed by atoms with Crippen LogP contribution < -0.4 is 5.32 Å². The van der Waals surface area contributed by atoms with Gasteiger partial charge < -0.3 is 14.5 Å². The molecule has 1 atom stereocenters. The molecule has 104 valence electrons. The summed E-state index contributed by atoms with van der Waals surface area (Å²) in [6.07, 6.45) is 7.66. The number of rotatable bonds is 7. The Labute approximate surface area is 114 Å². The van der Waals surface area contributed by atoms with Gasteiger partial charge in [0.1, 0.15) is 17.6 Å². The average Bonchev–Trinajstić information content (AvgIpc) is 2.87. The van der Waals surface area contributed by atoms with E-state index in [-0.39, 0.29) is 11.9 Å². The molecule has 0 aliphatic carbocycles. The van der Waals surface area contributed by atoms with Crippen molar-refractivity contribution in [3.63, 3.8) is 0 Å². The van der Waals surface area contributed by atoms with E-state index in [0.717, 1.165) is 12.2 Å². The molecular formula is C15H21NO3. The van der Waals surface area contributed by atoms with Crippen LogP contribution in [-0.2, 0) is 16.0 Å². The number of aryl methyl sites for hydroxylation is 1. The molecular weight excluding hydrogens is 242 g/mol. The molecule has 0 aliphatic heterocycles. The Balaban J connectivity index is 2.69. The van der Waals surface area contributed by atoms with Gasteiger partial charge in [-0.15, -0.1) is 0 Å². The van der Waals surface area contributed by atoms with E-state index in [1.165, 1.54) is 6.08 Å². The molecule has 1 N–H and O–H groups in total. The molecule has 4 nitrogen and oxygen atoms in total. The van der Waals surface area contributed by atoms with E-state index in [1.54, 1.807) is 19.3 Å². The fourth-order valence-electron chi connectivity index (χ4n) is 1.61. The Morgan fingerprint density at radius 2 is 2.26 bits per heavy atom. The van der Waals surface area contributed by atoms with E-state index in [4.69, 9.17) is 9.15 Å². The minimum absolute atomic E-state index is 0.172. The molecule has 0 saturated heterocycles. The monoisotopic (exact) mass is 263 g/mol. The van der Waals surface area contributed by atoms with Crippen LogP contribution >= 0.6 is 0 Å². The molecule has 0 unspecified atom stereocenters. The number of furan rings is 1. The molecule has 1 rings (SSSR count). The van der Waals surface area contributed by atoms with Crippen molar-refractivity contribution in [2.45, 2.75) is 26.3 Å². The third kappa shape index (κ3) is 5.14. The van der Waals surface area contributed by atoms with Crippen molar-refractivity contribution in [3.8, 4) is 0 Å². The number of methoxy groups -OCH3 is 1. The van der Waals surface area contributed by atoms with Crippen LogP contribution in [0.25, 0.3) is 0 Å². The van der Waals surface area contributed by atoms with Gasteiger partial charge in [-0.05, 0) is 19.1 Å². The fourth-order valence-corrected chi connectivity index (χ4v) is 1.61. The second-order valence-electron chi connectivity index (χ2n) is 4.06. The molecule has 1 heterocycles. The van der Waals surface area contributed by atoms with Crippen LogP contribution in [0.1, 0.15) is 31.4 Å². The molecule has 0 fully saturated rings. The van der Waals surface area contributed by atoms with Gasteiger partial charge in [0.15, 0.2) is 0 Å². The summed E-state index contributed by atoms with van der Waals surface area (Å²) >= 11 is 0. The van der Waals surface area contributed by atoms with E-state index in [2.05, 4.69) is 5.32 Å². The van der Waals surface area contributed by atoms with Gasteiger partial charge in [-0.25, -0.2) is 0 Å². The molecule has 4 heteroatoms. The summed E-state index contributed by atoms with van der Waals surface area (Å²) in [5.74, 6) is 1.44. The highest BCUT2D eigenvalue weighted by molar-refractivity contribution is 5.88. The number of ether oxygens (including phenoxy) is 1. The van der Waals surface area contributed by atoms with Crippen LogP contribution in [0.3, 0.4) is 0 Å². The van der Waals surface area contributed by atoms with Gasteiger partial charge >= 0.3 is 0 Å². The van der Waals surface area contributed by atoms with Gasteiger partial charge in [-0.3, -0.25) is 4.79 Å². The summed E-state index contributed by atoms with van der Waals surface area (Å²) in [5, 5.41) is 2.85. The standard InChI is InChI=1S/C15H21NO3/c1-4-6-7-8-15(17)16-13(11-18-3)14-10-9-12(5-2)19-14/h4,6-10,13H,5,11H2,1-3H3,(H,16,17)/b6-4+,8-7-/t13-/m1/s1. The van der Waals surface area contributed by atoms with Crippen molar-refractivity contribution in [3.05, 3.63) is 48.0 Å². The molecule has 0 spiro atoms. The molecule has 0 radical (unpaired) electrons. The van der Waals surface area contributed by atoms with Gasteiger partial charge in [-0.2, -0.15) is 0 Å². The molecule has 0 aromatic carbocycles. The maximum absolute atomic E-state index is 11.7. The molecule has 1 aromatic rings. The highest BCUT2D eigenvalue weighted by Gasteiger charge is 2.16. The van der Waals surface area contributed by atoms with Gasteiger partial charge in [0.2, 0.25) is 5.91 Å². The second-order valence-corrected chi connectivity index (χ2v) is 4.06. The van der Waals surface area contributed by atoms with Crippen molar-refractivity contribution in [2.24, 2.45) is 0 Å². The predicted molar refractivity (Wildman–Crippen MR) is 74.8 cm³/mol. The summed E-state index contributed by atoms with van der Waals surface area (Å²) in [6, 6.07) is 3.52. The highest BCUT2D eigenvalue weighted by atomic mass is 16.5. The first-order valence-corrected chi connectivity index (χ1v) is 6.38. The van der Waals surface area contributed by atoms with E-state index < -0.39 is 0 Å². The SMILES string of the molecule is C/C=C/C=C\C(=O)N[C@H](COC)c1ccc(CC)o1. The summed E-state index contributed by atoms with van der Waals surface area (Å²) in [6.45, 7) is 4.29. The largest absolute Gasteiger partial charge is 0.464 e. The second kappa shape index (κ2) is 8.32. The highest BCUT2D eigenvalue weighted by Crippen LogP contribution is 2.17. The van der Waals surface area contributed by atoms with Crippen LogP contribution in [0.15, 0.2) is 40.9 Å². The van der Waals surface area contributed by atoms with Crippen molar-refractivity contribution in [1.29, 1.82) is 0 Å². The zero-order valence-corrected chi connectivity index (χ0v) is 11.7. The summed E-state index contributed by atoms with van der Waals surface area (Å²) in [5.41, 5.74) is 0. The first-order valence-electron chi connectivity index (χ1n) is 6.38. The number of hydrogen-bond acceptors (Lipinski definition) is 3. The predicted octanol–water partition coefficient (Wildman–Crippen LogP) is 2.78. The minimum Gasteiger partial charge on any atom is -0.464 e. The maximum Gasteiger partial charge on any atom is 0.244 e. The lowest BCUT2D eigenvalue weighted by Crippen LogP contribution is -2.29. The Morgan fingerprint density at radius 3 is 2.84 bits per heavy atom. The molecule has 0 saturated carbocycles. The van der Waals surface area contributed by atoms with Crippen molar-refractivity contribution < 1.29 is 13.9 Å². The van der Waals surface area contributed by atoms with Crippen LogP contribution in [0.2, 0.25) is 0 Å². The third-order valence-corrected chi connectivity index (χ3v) is 2.58. The topological polar surface area (TPSA) is 51.5 Å². The van der Waals surface area contributed by atoms with Crippen molar-refractivity contribution in [1.82, 2.24) is 5.32 Å². The van der Waals surface area contributed by atoms with Gasteiger partial charge in [0.25, 0.3) is 0 Å². The first-order chi connectivity index (χ1) is 9.21. The molecule has 1 amide bonds. The average molecular weight is 263 g/mol. The number of amides is 1. The Hall–Kier alpha value is -1.81. The molecule has 0 bridgehead atoms. The van der Waals surface area contributed by atoms with Crippen LogP contribution in [-0.4, -0.2) is 19.6 Å². The molecule has 0 aliphatic rings. The first kappa shape index (κ1) is 15.2. The lowest BCUT2D eigenvalue weighted by atomic mass is 10.2. The van der Waals surface area contributed by atoms with Gasteiger partial charge in [0, 0.05) is 19.6 Å². The van der Waals surface area contributed by atoms with Crippen molar-refractivity contribution >= 4 is 5.91 Å². The minimum atomic E-state index is -0.270. The summed E-state index contributed by atoms with van der Waals surface area (Å²) in [7, 11) is 1.60. The third-order valence-electron chi connectivity index (χ3n) is 2.58. The number of allylic oxidation sites excluding steroid dienone is 3. The number of nitrogens with one attached hydrogen (secondary N) is 1. The zero-order chi connectivity index (χ0) is 14.1. The quantitative estimate of drug-likeness (QED) is 0.608. The summed E-state index contributed by atoms with van der Waals surface area (Å²) in [4.78, 5) is 11.7. The van der Waals surface area contributed by atoms with Crippen LogP contribution in [0, 0.1) is 0 Å². The molecule has 1 aromatic heterocycles. The number of carbonyl (C=O) groups is 1. The molecule has 19 heavy (non-hydrogen) atoms. The van der Waals surface area contributed by atoms with Gasteiger partial charge in [0.05, 0.1) is 6.61 Å². The van der Waals surface area contributed by atoms with Gasteiger partial charge in [-0.1, -0.05) is 25.2 Å². The Morgan fingerprint density at radius 1 is 1.47 bits per heavy atom. The van der Waals surface area contributed by atoms with E-state index in [9.17, 15) is 4.79 Å². The number of hydrogen-bond donors (Lipinski definition) is 1. The maximum atomic E-state index is 11.7. The Kier molecular flexibility index (Phi) is 6.68. The van der Waals surface area contributed by atoms with Crippen LogP contribution in [0.4, 0.5) is 0 Å². The summed E-state index contributed by atoms with van der Waals surface area (Å²) < 4.78 is 10.8. The Bertz CT molecular complexity index is 446. The smallest absolute Gasteiger partial charge is 0.244 e. The normalized spacial score (nSPS) is 13.2. The van der Waals surface area contributed by atoms with E-state index in [0.29, 0.717) is 12.4 Å². The number of carbonyl (C=O) groups excluding carboxylic acids is 1. The zero-order valence-electron chi connectivity index (χ0n) is 11.7. The lowest BCUT2D eigenvalue weighted by molar-refractivity contribution is -0.117. The van der Waals surface area contributed by atoms with Crippen molar-refractivity contribution in [2.75, 3.05) is 13.7 Å². The fraction of sp³-hybridized carbons (Fsp3) is 0.400. The lowest BCUT2D eigenvalue weighted by Gasteiger charge is -2.14. The van der Waals surface area contributed by atoms with Crippen LogP contribution in [0.5, 0.6) is 0 Å². The van der Waals surface area contributed by atoms with E-state index in [1.807, 2.05) is 32.1 Å².